The van der Waals surface area contributed by atoms with Gasteiger partial charge in [0.15, 0.2) is 0 Å². The van der Waals surface area contributed by atoms with Crippen LogP contribution in [0.5, 0.6) is 0 Å². The van der Waals surface area contributed by atoms with Crippen LogP contribution in [0.2, 0.25) is 0 Å². The monoisotopic (exact) mass is 289 g/mol. The van der Waals surface area contributed by atoms with E-state index in [1.807, 2.05) is 26.0 Å². The molecule has 116 valence electrons. The molecule has 4 nitrogen and oxygen atoms in total. The van der Waals surface area contributed by atoms with Crippen molar-refractivity contribution in [1.82, 2.24) is 0 Å². The van der Waals surface area contributed by atoms with E-state index >= 15 is 0 Å². The maximum absolute atomic E-state index is 12.1. The number of rotatable bonds is 5. The Morgan fingerprint density at radius 1 is 1.24 bits per heavy atom. The van der Waals surface area contributed by atoms with Crippen LogP contribution in [-0.2, 0) is 4.79 Å². The summed E-state index contributed by atoms with van der Waals surface area (Å²) in [5, 5.41) is 2.90. The minimum Gasteiger partial charge on any atom is -0.372 e. The van der Waals surface area contributed by atoms with Crippen LogP contribution in [0, 0.1) is 5.92 Å². The van der Waals surface area contributed by atoms with Crippen molar-refractivity contribution < 1.29 is 4.79 Å². The third-order valence-corrected chi connectivity index (χ3v) is 4.42. The number of carbonyl (C=O) groups is 1. The molecule has 0 aliphatic carbocycles. The van der Waals surface area contributed by atoms with Gasteiger partial charge in [-0.2, -0.15) is 0 Å². The zero-order chi connectivity index (χ0) is 15.2. The van der Waals surface area contributed by atoms with Crippen LogP contribution in [0.4, 0.5) is 11.4 Å². The van der Waals surface area contributed by atoms with E-state index in [-0.39, 0.29) is 11.8 Å². The van der Waals surface area contributed by atoms with E-state index in [1.54, 1.807) is 0 Å². The van der Waals surface area contributed by atoms with E-state index in [4.69, 9.17) is 5.73 Å². The van der Waals surface area contributed by atoms with Crippen LogP contribution in [0.15, 0.2) is 24.3 Å². The first-order valence-electron chi connectivity index (χ1n) is 8.03. The topological polar surface area (TPSA) is 58.4 Å². The number of carbonyl (C=O) groups excluding carboxylic acids is 1. The van der Waals surface area contributed by atoms with Gasteiger partial charge in [-0.1, -0.05) is 20.3 Å². The molecule has 0 radical (unpaired) electrons. The van der Waals surface area contributed by atoms with Crippen molar-refractivity contribution in [3.05, 3.63) is 24.3 Å². The molecule has 0 spiro atoms. The minimum atomic E-state index is -0.447. The number of anilines is 2. The average molecular weight is 289 g/mol. The smallest absolute Gasteiger partial charge is 0.241 e. The second-order valence-corrected chi connectivity index (χ2v) is 6.00. The number of hydrogen-bond donors (Lipinski definition) is 2. The SMILES string of the molecule is CC[C@@H](C)[C@H](N)C(=O)Nc1ccc(N2CCCCC2)cc1. The van der Waals surface area contributed by atoms with Crippen LogP contribution in [0.3, 0.4) is 0 Å². The van der Waals surface area contributed by atoms with Crippen LogP contribution in [0.25, 0.3) is 0 Å². The highest BCUT2D eigenvalue weighted by molar-refractivity contribution is 5.95. The number of benzene rings is 1. The van der Waals surface area contributed by atoms with E-state index in [1.165, 1.54) is 24.9 Å². The van der Waals surface area contributed by atoms with E-state index in [2.05, 4.69) is 22.3 Å². The third kappa shape index (κ3) is 4.21. The lowest BCUT2D eigenvalue weighted by atomic mass is 9.99. The van der Waals surface area contributed by atoms with Gasteiger partial charge in [-0.25, -0.2) is 0 Å². The van der Waals surface area contributed by atoms with Gasteiger partial charge >= 0.3 is 0 Å². The van der Waals surface area contributed by atoms with Crippen LogP contribution < -0.4 is 16.0 Å². The van der Waals surface area contributed by atoms with Gasteiger partial charge in [0.25, 0.3) is 0 Å². The Kier molecular flexibility index (Phi) is 5.62. The molecule has 1 aromatic rings. The summed E-state index contributed by atoms with van der Waals surface area (Å²) in [6, 6.07) is 7.64. The van der Waals surface area contributed by atoms with Crippen molar-refractivity contribution in [2.45, 2.75) is 45.6 Å². The fourth-order valence-electron chi connectivity index (χ4n) is 2.65. The van der Waals surface area contributed by atoms with Crippen molar-refractivity contribution in [3.63, 3.8) is 0 Å². The largest absolute Gasteiger partial charge is 0.372 e. The summed E-state index contributed by atoms with van der Waals surface area (Å²) in [6.07, 6.45) is 4.77. The number of nitrogens with zero attached hydrogens (tertiary/aromatic N) is 1. The van der Waals surface area contributed by atoms with Gasteiger partial charge in [-0.3, -0.25) is 4.79 Å². The number of nitrogens with two attached hydrogens (primary N) is 1. The molecule has 1 fully saturated rings. The maximum atomic E-state index is 12.1. The molecule has 2 atom stereocenters. The minimum absolute atomic E-state index is 0.102. The highest BCUT2D eigenvalue weighted by Crippen LogP contribution is 2.22. The molecule has 4 heteroatoms. The highest BCUT2D eigenvalue weighted by atomic mass is 16.2. The molecule has 1 aliphatic heterocycles. The summed E-state index contributed by atoms with van der Waals surface area (Å²) in [7, 11) is 0. The fraction of sp³-hybridized carbons (Fsp3) is 0.588. The zero-order valence-corrected chi connectivity index (χ0v) is 13.1. The van der Waals surface area contributed by atoms with E-state index in [0.717, 1.165) is 25.2 Å². The van der Waals surface area contributed by atoms with Gasteiger partial charge in [-0.05, 0) is 49.4 Å². The molecular weight excluding hydrogens is 262 g/mol. The molecule has 0 bridgehead atoms. The zero-order valence-electron chi connectivity index (χ0n) is 13.1. The van der Waals surface area contributed by atoms with Crippen LogP contribution >= 0.6 is 0 Å². The quantitative estimate of drug-likeness (QED) is 0.876. The van der Waals surface area contributed by atoms with Gasteiger partial charge in [0.2, 0.25) is 5.91 Å². The molecule has 21 heavy (non-hydrogen) atoms. The lowest BCUT2D eigenvalue weighted by molar-refractivity contribution is -0.118. The molecule has 1 aliphatic rings. The Labute approximate surface area is 127 Å². The number of nitrogens with one attached hydrogen (secondary N) is 1. The van der Waals surface area contributed by atoms with Gasteiger partial charge < -0.3 is 16.0 Å². The number of hydrogen-bond acceptors (Lipinski definition) is 3. The molecule has 0 aromatic heterocycles. The van der Waals surface area contributed by atoms with E-state index < -0.39 is 6.04 Å². The predicted octanol–water partition coefficient (Wildman–Crippen LogP) is 2.99. The molecule has 0 unspecified atom stereocenters. The number of piperidine rings is 1. The first-order valence-corrected chi connectivity index (χ1v) is 8.03. The van der Waals surface area contributed by atoms with Crippen LogP contribution in [0.1, 0.15) is 39.5 Å². The Morgan fingerprint density at radius 3 is 2.43 bits per heavy atom. The van der Waals surface area contributed by atoms with Gasteiger partial charge in [0, 0.05) is 24.5 Å². The van der Waals surface area contributed by atoms with E-state index in [9.17, 15) is 4.79 Å². The Hall–Kier alpha value is -1.55. The normalized spacial score (nSPS) is 18.1. The third-order valence-electron chi connectivity index (χ3n) is 4.42. The Morgan fingerprint density at radius 2 is 1.86 bits per heavy atom. The summed E-state index contributed by atoms with van der Waals surface area (Å²) in [5.41, 5.74) is 8.00. The summed E-state index contributed by atoms with van der Waals surface area (Å²) in [6.45, 7) is 6.31. The van der Waals surface area contributed by atoms with Crippen molar-refractivity contribution in [3.8, 4) is 0 Å². The molecule has 1 aromatic carbocycles. The van der Waals surface area contributed by atoms with Gasteiger partial charge in [0.05, 0.1) is 6.04 Å². The molecule has 1 heterocycles. The van der Waals surface area contributed by atoms with Gasteiger partial charge in [-0.15, -0.1) is 0 Å². The van der Waals surface area contributed by atoms with Crippen molar-refractivity contribution in [2.24, 2.45) is 11.7 Å². The average Bonchev–Trinajstić information content (AvgIpc) is 2.54. The summed E-state index contributed by atoms with van der Waals surface area (Å²) in [4.78, 5) is 14.5. The Bertz CT molecular complexity index is 452. The summed E-state index contributed by atoms with van der Waals surface area (Å²) < 4.78 is 0. The molecule has 1 saturated heterocycles. The number of amides is 1. The maximum Gasteiger partial charge on any atom is 0.241 e. The highest BCUT2D eigenvalue weighted by Gasteiger charge is 2.19. The van der Waals surface area contributed by atoms with Crippen molar-refractivity contribution in [2.75, 3.05) is 23.3 Å². The van der Waals surface area contributed by atoms with Crippen molar-refractivity contribution >= 4 is 17.3 Å². The summed E-state index contributed by atoms with van der Waals surface area (Å²) in [5.74, 6) is 0.0905. The molecule has 0 saturated carbocycles. The molecular formula is C17H27N3O. The fourth-order valence-corrected chi connectivity index (χ4v) is 2.65. The molecule has 2 rings (SSSR count). The molecule has 1 amide bonds. The summed E-state index contributed by atoms with van der Waals surface area (Å²) >= 11 is 0. The molecule has 3 N–H and O–H groups in total. The Balaban J connectivity index is 1.94. The second kappa shape index (κ2) is 7.46. The predicted molar refractivity (Wildman–Crippen MR) is 88.6 cm³/mol. The lowest BCUT2D eigenvalue weighted by Crippen LogP contribution is -2.40. The first kappa shape index (κ1) is 15.8. The van der Waals surface area contributed by atoms with Gasteiger partial charge in [0.1, 0.15) is 0 Å². The van der Waals surface area contributed by atoms with E-state index in [0.29, 0.717) is 0 Å². The first-order chi connectivity index (χ1) is 10.1. The lowest BCUT2D eigenvalue weighted by Gasteiger charge is -2.29. The standard InChI is InChI=1S/C17H27N3O/c1-3-13(2)16(18)17(21)19-14-7-9-15(10-8-14)20-11-5-4-6-12-20/h7-10,13,16H,3-6,11-12,18H2,1-2H3,(H,19,21)/t13-,16+/m1/s1. The second-order valence-electron chi connectivity index (χ2n) is 6.00. The van der Waals surface area contributed by atoms with Crippen LogP contribution in [-0.4, -0.2) is 25.0 Å². The van der Waals surface area contributed by atoms with Crippen molar-refractivity contribution in [1.29, 1.82) is 0 Å².